The van der Waals surface area contributed by atoms with Crippen LogP contribution in [0.2, 0.25) is 0 Å². The summed E-state index contributed by atoms with van der Waals surface area (Å²) in [4.78, 5) is 2.74. The van der Waals surface area contributed by atoms with Crippen molar-refractivity contribution in [1.29, 1.82) is 0 Å². The molecule has 0 saturated carbocycles. The van der Waals surface area contributed by atoms with Crippen LogP contribution in [-0.4, -0.2) is 36.6 Å². The minimum absolute atomic E-state index is 0.698. The molecule has 2 nitrogen and oxygen atoms in total. The molecular formula is C15H32N2. The summed E-state index contributed by atoms with van der Waals surface area (Å²) in [5, 5.41) is 3.70. The van der Waals surface area contributed by atoms with Crippen LogP contribution < -0.4 is 5.32 Å². The molecule has 102 valence electrons. The lowest BCUT2D eigenvalue weighted by atomic mass is 9.93. The molecule has 0 amide bonds. The van der Waals surface area contributed by atoms with Crippen LogP contribution in [-0.2, 0) is 0 Å². The maximum Gasteiger partial charge on any atom is 0.0246 e. The van der Waals surface area contributed by atoms with Crippen molar-refractivity contribution in [2.24, 2.45) is 5.92 Å². The van der Waals surface area contributed by atoms with Gasteiger partial charge in [0, 0.05) is 12.1 Å². The molecule has 1 N–H and O–H groups in total. The van der Waals surface area contributed by atoms with Gasteiger partial charge in [0.25, 0.3) is 0 Å². The van der Waals surface area contributed by atoms with Gasteiger partial charge in [-0.1, -0.05) is 34.1 Å². The maximum absolute atomic E-state index is 3.70. The number of rotatable bonds is 7. The van der Waals surface area contributed by atoms with Crippen molar-refractivity contribution in [2.75, 3.05) is 19.6 Å². The first kappa shape index (κ1) is 15.0. The second-order valence-corrected chi connectivity index (χ2v) is 5.65. The molecule has 1 rings (SSSR count). The van der Waals surface area contributed by atoms with Crippen LogP contribution in [0.15, 0.2) is 0 Å². The Kier molecular flexibility index (Phi) is 7.14. The minimum Gasteiger partial charge on any atom is -0.313 e. The van der Waals surface area contributed by atoms with E-state index in [1.165, 1.54) is 45.2 Å². The highest BCUT2D eigenvalue weighted by Crippen LogP contribution is 2.22. The SMILES string of the molecule is CCCC(NCC)C(CC)N1CCC(C)CC1. The summed E-state index contributed by atoms with van der Waals surface area (Å²) in [7, 11) is 0. The number of nitrogens with zero attached hydrogens (tertiary/aromatic N) is 1. The molecular weight excluding hydrogens is 208 g/mol. The molecule has 1 fully saturated rings. The summed E-state index contributed by atoms with van der Waals surface area (Å²) < 4.78 is 0. The molecule has 2 atom stereocenters. The predicted octanol–water partition coefficient (Wildman–Crippen LogP) is 3.28. The zero-order valence-corrected chi connectivity index (χ0v) is 12.3. The smallest absolute Gasteiger partial charge is 0.0246 e. The van der Waals surface area contributed by atoms with Gasteiger partial charge in [-0.15, -0.1) is 0 Å². The first-order chi connectivity index (χ1) is 8.22. The summed E-state index contributed by atoms with van der Waals surface area (Å²) in [6.45, 7) is 13.0. The van der Waals surface area contributed by atoms with Gasteiger partial charge in [-0.05, 0) is 51.2 Å². The van der Waals surface area contributed by atoms with Crippen molar-refractivity contribution in [3.8, 4) is 0 Å². The Labute approximate surface area is 108 Å². The lowest BCUT2D eigenvalue weighted by Gasteiger charge is -2.40. The number of piperidine rings is 1. The van der Waals surface area contributed by atoms with Gasteiger partial charge < -0.3 is 5.32 Å². The molecule has 1 saturated heterocycles. The fourth-order valence-electron chi connectivity index (χ4n) is 3.16. The monoisotopic (exact) mass is 240 g/mol. The van der Waals surface area contributed by atoms with E-state index in [1.807, 2.05) is 0 Å². The van der Waals surface area contributed by atoms with Crippen LogP contribution in [0.1, 0.15) is 59.8 Å². The Bertz CT molecular complexity index is 179. The Balaban J connectivity index is 2.54. The first-order valence-corrected chi connectivity index (χ1v) is 7.70. The Morgan fingerprint density at radius 3 is 2.29 bits per heavy atom. The quantitative estimate of drug-likeness (QED) is 0.735. The van der Waals surface area contributed by atoms with Gasteiger partial charge in [0.15, 0.2) is 0 Å². The summed E-state index contributed by atoms with van der Waals surface area (Å²) >= 11 is 0. The fourth-order valence-corrected chi connectivity index (χ4v) is 3.16. The van der Waals surface area contributed by atoms with Crippen LogP contribution in [0.3, 0.4) is 0 Å². The van der Waals surface area contributed by atoms with E-state index in [2.05, 4.69) is 37.9 Å². The first-order valence-electron chi connectivity index (χ1n) is 7.70. The molecule has 0 spiro atoms. The normalized spacial score (nSPS) is 22.6. The lowest BCUT2D eigenvalue weighted by Crippen LogP contribution is -2.52. The molecule has 1 aliphatic heterocycles. The molecule has 0 aromatic heterocycles. The van der Waals surface area contributed by atoms with Crippen molar-refractivity contribution in [3.63, 3.8) is 0 Å². The van der Waals surface area contributed by atoms with E-state index in [0.29, 0.717) is 6.04 Å². The van der Waals surface area contributed by atoms with Gasteiger partial charge >= 0.3 is 0 Å². The van der Waals surface area contributed by atoms with Crippen LogP contribution in [0, 0.1) is 5.92 Å². The highest BCUT2D eigenvalue weighted by atomic mass is 15.2. The molecule has 2 unspecified atom stereocenters. The van der Waals surface area contributed by atoms with Gasteiger partial charge in [0.1, 0.15) is 0 Å². The standard InChI is InChI=1S/C15H32N2/c1-5-8-14(16-7-3)15(6-2)17-11-9-13(4)10-12-17/h13-16H,5-12H2,1-4H3. The number of nitrogens with one attached hydrogen (secondary N) is 1. The van der Waals surface area contributed by atoms with Crippen molar-refractivity contribution in [1.82, 2.24) is 10.2 Å². The average molecular weight is 240 g/mol. The molecule has 0 radical (unpaired) electrons. The number of likely N-dealkylation sites (tertiary alicyclic amines) is 1. The Hall–Kier alpha value is -0.0800. The van der Waals surface area contributed by atoms with Gasteiger partial charge in [-0.2, -0.15) is 0 Å². The van der Waals surface area contributed by atoms with E-state index < -0.39 is 0 Å². The van der Waals surface area contributed by atoms with E-state index in [0.717, 1.165) is 18.5 Å². The third-order valence-electron chi connectivity index (χ3n) is 4.24. The third kappa shape index (κ3) is 4.59. The molecule has 0 bridgehead atoms. The number of hydrogen-bond acceptors (Lipinski definition) is 2. The molecule has 1 aliphatic rings. The summed E-state index contributed by atoms with van der Waals surface area (Å²) in [6.07, 6.45) is 6.67. The zero-order valence-electron chi connectivity index (χ0n) is 12.3. The molecule has 0 aromatic rings. The molecule has 1 heterocycles. The highest BCUT2D eigenvalue weighted by Gasteiger charge is 2.27. The molecule has 2 heteroatoms. The van der Waals surface area contributed by atoms with Crippen LogP contribution in [0.4, 0.5) is 0 Å². The van der Waals surface area contributed by atoms with Gasteiger partial charge in [0.05, 0.1) is 0 Å². The number of hydrogen-bond donors (Lipinski definition) is 1. The third-order valence-corrected chi connectivity index (χ3v) is 4.24. The lowest BCUT2D eigenvalue weighted by molar-refractivity contribution is 0.104. The van der Waals surface area contributed by atoms with Gasteiger partial charge in [0.2, 0.25) is 0 Å². The average Bonchev–Trinajstić information content (AvgIpc) is 2.33. The van der Waals surface area contributed by atoms with Crippen molar-refractivity contribution >= 4 is 0 Å². The molecule has 17 heavy (non-hydrogen) atoms. The maximum atomic E-state index is 3.70. The largest absolute Gasteiger partial charge is 0.313 e. The molecule has 0 aliphatic carbocycles. The van der Waals surface area contributed by atoms with Gasteiger partial charge in [-0.3, -0.25) is 4.90 Å². The fraction of sp³-hybridized carbons (Fsp3) is 1.00. The van der Waals surface area contributed by atoms with Crippen molar-refractivity contribution in [3.05, 3.63) is 0 Å². The van der Waals surface area contributed by atoms with Gasteiger partial charge in [-0.25, -0.2) is 0 Å². The van der Waals surface area contributed by atoms with E-state index in [4.69, 9.17) is 0 Å². The Morgan fingerprint density at radius 1 is 1.18 bits per heavy atom. The summed E-state index contributed by atoms with van der Waals surface area (Å²) in [5.74, 6) is 0.938. The van der Waals surface area contributed by atoms with Crippen LogP contribution in [0.5, 0.6) is 0 Å². The predicted molar refractivity (Wildman–Crippen MR) is 76.4 cm³/mol. The minimum atomic E-state index is 0.698. The highest BCUT2D eigenvalue weighted by molar-refractivity contribution is 4.85. The number of likely N-dealkylation sites (N-methyl/N-ethyl adjacent to an activating group) is 1. The van der Waals surface area contributed by atoms with E-state index in [9.17, 15) is 0 Å². The topological polar surface area (TPSA) is 15.3 Å². The van der Waals surface area contributed by atoms with Crippen molar-refractivity contribution < 1.29 is 0 Å². The van der Waals surface area contributed by atoms with Crippen LogP contribution in [0.25, 0.3) is 0 Å². The molecule has 0 aromatic carbocycles. The van der Waals surface area contributed by atoms with E-state index in [-0.39, 0.29) is 0 Å². The zero-order chi connectivity index (χ0) is 12.7. The van der Waals surface area contributed by atoms with Crippen LogP contribution >= 0.6 is 0 Å². The Morgan fingerprint density at radius 2 is 1.82 bits per heavy atom. The summed E-state index contributed by atoms with van der Waals surface area (Å²) in [5.41, 5.74) is 0. The van der Waals surface area contributed by atoms with E-state index >= 15 is 0 Å². The second-order valence-electron chi connectivity index (χ2n) is 5.65. The summed E-state index contributed by atoms with van der Waals surface area (Å²) in [6, 6.07) is 1.45. The second kappa shape index (κ2) is 8.10. The van der Waals surface area contributed by atoms with Crippen molar-refractivity contribution in [2.45, 2.75) is 71.9 Å². The van der Waals surface area contributed by atoms with E-state index in [1.54, 1.807) is 0 Å².